The van der Waals surface area contributed by atoms with Gasteiger partial charge < -0.3 is 20.3 Å². The first-order valence-electron chi connectivity index (χ1n) is 5.92. The maximum atomic E-state index is 9.42. The number of phenolic OH excluding ortho intramolecular Hbond substituents is 1. The Hall–Kier alpha value is -0.970. The Balaban J connectivity index is 0.00000162. The quantitative estimate of drug-likeness (QED) is 0.887. The van der Waals surface area contributed by atoms with Crippen LogP contribution in [0.5, 0.6) is 11.5 Å². The number of methoxy groups -OCH3 is 1. The van der Waals surface area contributed by atoms with Gasteiger partial charge in [0.2, 0.25) is 0 Å². The number of ether oxygens (including phenoxy) is 2. The van der Waals surface area contributed by atoms with Crippen LogP contribution >= 0.6 is 12.4 Å². The zero-order valence-corrected chi connectivity index (χ0v) is 11.3. The van der Waals surface area contributed by atoms with Gasteiger partial charge in [-0.3, -0.25) is 0 Å². The van der Waals surface area contributed by atoms with E-state index in [1.165, 1.54) is 0 Å². The lowest BCUT2D eigenvalue weighted by Gasteiger charge is -2.28. The molecule has 1 aromatic carbocycles. The van der Waals surface area contributed by atoms with Crippen LogP contribution in [0.25, 0.3) is 0 Å². The Morgan fingerprint density at radius 1 is 1.39 bits per heavy atom. The van der Waals surface area contributed by atoms with Crippen LogP contribution < -0.4 is 10.5 Å². The number of phenols is 1. The Labute approximate surface area is 113 Å². The van der Waals surface area contributed by atoms with E-state index >= 15 is 0 Å². The second-order valence-electron chi connectivity index (χ2n) is 4.40. The highest BCUT2D eigenvalue weighted by Crippen LogP contribution is 2.34. The molecular formula is C13H20ClNO3. The summed E-state index contributed by atoms with van der Waals surface area (Å²) in [4.78, 5) is 0. The van der Waals surface area contributed by atoms with E-state index in [2.05, 4.69) is 0 Å². The highest BCUT2D eigenvalue weighted by Gasteiger charge is 2.24. The average Bonchev–Trinajstić information content (AvgIpc) is 2.39. The van der Waals surface area contributed by atoms with Gasteiger partial charge in [0.05, 0.1) is 7.11 Å². The number of nitrogens with two attached hydrogens (primary N) is 1. The SMILES string of the molecule is COc1cc(O)ccc1[C@@H](N)C1CCOCC1.Cl. The number of benzene rings is 1. The zero-order valence-electron chi connectivity index (χ0n) is 10.5. The summed E-state index contributed by atoms with van der Waals surface area (Å²) in [5.74, 6) is 1.27. The number of aromatic hydroxyl groups is 1. The van der Waals surface area contributed by atoms with Crippen LogP contribution in [-0.4, -0.2) is 25.4 Å². The maximum Gasteiger partial charge on any atom is 0.127 e. The van der Waals surface area contributed by atoms with Crippen molar-refractivity contribution in [3.05, 3.63) is 23.8 Å². The van der Waals surface area contributed by atoms with Crippen molar-refractivity contribution < 1.29 is 14.6 Å². The van der Waals surface area contributed by atoms with Crippen molar-refractivity contribution in [2.45, 2.75) is 18.9 Å². The first-order chi connectivity index (χ1) is 8.22. The van der Waals surface area contributed by atoms with Crippen molar-refractivity contribution in [1.29, 1.82) is 0 Å². The average molecular weight is 274 g/mol. The van der Waals surface area contributed by atoms with E-state index in [0.29, 0.717) is 11.7 Å². The van der Waals surface area contributed by atoms with Crippen LogP contribution in [0.3, 0.4) is 0 Å². The second kappa shape index (κ2) is 6.83. The Morgan fingerprint density at radius 2 is 2.06 bits per heavy atom. The van der Waals surface area contributed by atoms with Gasteiger partial charge in [0.15, 0.2) is 0 Å². The monoisotopic (exact) mass is 273 g/mol. The van der Waals surface area contributed by atoms with Gasteiger partial charge in [-0.2, -0.15) is 0 Å². The van der Waals surface area contributed by atoms with E-state index in [0.717, 1.165) is 31.6 Å². The molecule has 0 saturated carbocycles. The maximum absolute atomic E-state index is 9.42. The van der Waals surface area contributed by atoms with E-state index in [1.807, 2.05) is 6.07 Å². The molecule has 0 amide bonds. The predicted molar refractivity (Wildman–Crippen MR) is 72.4 cm³/mol. The summed E-state index contributed by atoms with van der Waals surface area (Å²) in [7, 11) is 1.59. The van der Waals surface area contributed by atoms with E-state index in [-0.39, 0.29) is 24.2 Å². The van der Waals surface area contributed by atoms with Gasteiger partial charge >= 0.3 is 0 Å². The first kappa shape index (κ1) is 15.1. The molecule has 5 heteroatoms. The molecule has 0 aliphatic carbocycles. The summed E-state index contributed by atoms with van der Waals surface area (Å²) < 4.78 is 10.6. The molecule has 0 aromatic heterocycles. The van der Waals surface area contributed by atoms with Crippen molar-refractivity contribution in [1.82, 2.24) is 0 Å². The van der Waals surface area contributed by atoms with Crippen molar-refractivity contribution in [2.24, 2.45) is 11.7 Å². The van der Waals surface area contributed by atoms with E-state index < -0.39 is 0 Å². The zero-order chi connectivity index (χ0) is 12.3. The van der Waals surface area contributed by atoms with E-state index in [1.54, 1.807) is 19.2 Å². The van der Waals surface area contributed by atoms with Gasteiger partial charge in [-0.05, 0) is 24.8 Å². The molecule has 0 spiro atoms. The van der Waals surface area contributed by atoms with Crippen molar-refractivity contribution in [3.63, 3.8) is 0 Å². The third-order valence-electron chi connectivity index (χ3n) is 3.35. The molecule has 1 heterocycles. The lowest BCUT2D eigenvalue weighted by Crippen LogP contribution is -2.27. The third-order valence-corrected chi connectivity index (χ3v) is 3.35. The normalized spacial score (nSPS) is 17.9. The lowest BCUT2D eigenvalue weighted by atomic mass is 9.87. The molecule has 102 valence electrons. The summed E-state index contributed by atoms with van der Waals surface area (Å²) >= 11 is 0. The van der Waals surface area contributed by atoms with E-state index in [4.69, 9.17) is 15.2 Å². The van der Waals surface area contributed by atoms with Gasteiger partial charge in [0.25, 0.3) is 0 Å². The summed E-state index contributed by atoms with van der Waals surface area (Å²) in [5.41, 5.74) is 7.23. The van der Waals surface area contributed by atoms with Crippen molar-refractivity contribution in [3.8, 4) is 11.5 Å². The minimum Gasteiger partial charge on any atom is -0.508 e. The summed E-state index contributed by atoms with van der Waals surface area (Å²) in [6.07, 6.45) is 1.95. The molecule has 3 N–H and O–H groups in total. The van der Waals surface area contributed by atoms with E-state index in [9.17, 15) is 5.11 Å². The molecule has 1 saturated heterocycles. The topological polar surface area (TPSA) is 64.7 Å². The smallest absolute Gasteiger partial charge is 0.127 e. The van der Waals surface area contributed by atoms with Crippen LogP contribution in [0, 0.1) is 5.92 Å². The molecule has 18 heavy (non-hydrogen) atoms. The van der Waals surface area contributed by atoms with Crippen LogP contribution in [0.1, 0.15) is 24.4 Å². The Bertz CT molecular complexity index is 380. The van der Waals surface area contributed by atoms with Gasteiger partial charge in [-0.25, -0.2) is 0 Å². The highest BCUT2D eigenvalue weighted by molar-refractivity contribution is 5.85. The molecule has 1 fully saturated rings. The van der Waals surface area contributed by atoms with Gasteiger partial charge in [0.1, 0.15) is 11.5 Å². The standard InChI is InChI=1S/C13H19NO3.ClH/c1-16-12-8-10(15)2-3-11(12)13(14)9-4-6-17-7-5-9;/h2-3,8-9,13,15H,4-7,14H2,1H3;1H/t13-;/m0./s1. The minimum atomic E-state index is -0.0607. The number of hydrogen-bond donors (Lipinski definition) is 2. The van der Waals surface area contributed by atoms with Gasteiger partial charge in [-0.1, -0.05) is 6.07 Å². The fourth-order valence-electron chi connectivity index (χ4n) is 2.30. The number of hydrogen-bond acceptors (Lipinski definition) is 4. The largest absolute Gasteiger partial charge is 0.508 e. The highest BCUT2D eigenvalue weighted by atomic mass is 35.5. The van der Waals surface area contributed by atoms with Crippen LogP contribution in [0.15, 0.2) is 18.2 Å². The van der Waals surface area contributed by atoms with Crippen molar-refractivity contribution >= 4 is 12.4 Å². The first-order valence-corrected chi connectivity index (χ1v) is 5.92. The Morgan fingerprint density at radius 3 is 2.67 bits per heavy atom. The number of halogens is 1. The summed E-state index contributed by atoms with van der Waals surface area (Å²) in [6.45, 7) is 1.55. The minimum absolute atomic E-state index is 0. The molecule has 4 nitrogen and oxygen atoms in total. The summed E-state index contributed by atoms with van der Waals surface area (Å²) in [6, 6.07) is 5.04. The molecular weight excluding hydrogens is 254 g/mol. The molecule has 0 unspecified atom stereocenters. The fraction of sp³-hybridized carbons (Fsp3) is 0.538. The molecule has 1 aliphatic heterocycles. The van der Waals surface area contributed by atoms with Crippen LogP contribution in [-0.2, 0) is 4.74 Å². The number of rotatable bonds is 3. The Kier molecular flexibility index (Phi) is 5.72. The third kappa shape index (κ3) is 3.28. The summed E-state index contributed by atoms with van der Waals surface area (Å²) in [5, 5.41) is 9.42. The predicted octanol–water partition coefficient (Wildman–Crippen LogP) is 2.25. The molecule has 0 radical (unpaired) electrons. The van der Waals surface area contributed by atoms with Crippen LogP contribution in [0.2, 0.25) is 0 Å². The van der Waals surface area contributed by atoms with Gasteiger partial charge in [-0.15, -0.1) is 12.4 Å². The van der Waals surface area contributed by atoms with Crippen molar-refractivity contribution in [2.75, 3.05) is 20.3 Å². The molecule has 1 atom stereocenters. The molecule has 1 aromatic rings. The molecule has 1 aliphatic rings. The van der Waals surface area contributed by atoms with Gasteiger partial charge in [0, 0.05) is 30.9 Å². The second-order valence-corrected chi connectivity index (χ2v) is 4.40. The molecule has 0 bridgehead atoms. The molecule has 2 rings (SSSR count). The lowest BCUT2D eigenvalue weighted by molar-refractivity contribution is 0.0581. The van der Waals surface area contributed by atoms with Crippen LogP contribution in [0.4, 0.5) is 0 Å². The fourth-order valence-corrected chi connectivity index (χ4v) is 2.30.